The monoisotopic (exact) mass is 410 g/mol. The highest BCUT2D eigenvalue weighted by atomic mass is 16.6. The van der Waals surface area contributed by atoms with Gasteiger partial charge < -0.3 is 19.3 Å². The Balaban J connectivity index is 1.34. The van der Waals surface area contributed by atoms with Crippen LogP contribution in [0.4, 0.5) is 0 Å². The zero-order valence-corrected chi connectivity index (χ0v) is 17.9. The van der Waals surface area contributed by atoms with E-state index in [1.165, 1.54) is 11.1 Å². The first-order valence-corrected chi connectivity index (χ1v) is 11.3. The minimum absolute atomic E-state index is 0.0515. The van der Waals surface area contributed by atoms with E-state index in [1.807, 2.05) is 12.1 Å². The number of aliphatic hydroxyl groups is 1. The van der Waals surface area contributed by atoms with Gasteiger partial charge in [-0.2, -0.15) is 0 Å². The first-order chi connectivity index (χ1) is 14.7. The number of ether oxygens (including phenoxy) is 3. The minimum atomic E-state index is 0.0515. The van der Waals surface area contributed by atoms with Crippen LogP contribution >= 0.6 is 0 Å². The number of hydrogen-bond acceptors (Lipinski definition) is 4. The standard InChI is InChI=1S/C26H34O4/c1-19(26-25(16-27)30-26)14-22-12-13-23(28-17-20-8-4-2-5-9-20)24(15-22)29-18-21-10-6-3-7-11-21/h2-11,19,22-27H,12-18H2,1H3/t19-,22+,23-,24-,25-,26-/m1/s1. The van der Waals surface area contributed by atoms with Crippen molar-refractivity contribution in [1.29, 1.82) is 0 Å². The first-order valence-electron chi connectivity index (χ1n) is 11.3. The van der Waals surface area contributed by atoms with Crippen LogP contribution in [-0.4, -0.2) is 36.1 Å². The summed E-state index contributed by atoms with van der Waals surface area (Å²) < 4.78 is 18.3. The Hall–Kier alpha value is -1.72. The molecule has 0 amide bonds. The van der Waals surface area contributed by atoms with E-state index >= 15 is 0 Å². The van der Waals surface area contributed by atoms with Gasteiger partial charge in [0.15, 0.2) is 0 Å². The molecule has 30 heavy (non-hydrogen) atoms. The summed E-state index contributed by atoms with van der Waals surface area (Å²) in [4.78, 5) is 0. The number of hydrogen-bond donors (Lipinski definition) is 1. The molecule has 1 saturated heterocycles. The van der Waals surface area contributed by atoms with Crippen molar-refractivity contribution in [2.75, 3.05) is 6.61 Å². The Labute approximate surface area is 180 Å². The minimum Gasteiger partial charge on any atom is -0.394 e. The van der Waals surface area contributed by atoms with Gasteiger partial charge in [-0.1, -0.05) is 67.6 Å². The molecule has 4 rings (SSSR count). The van der Waals surface area contributed by atoms with Crippen LogP contribution in [0, 0.1) is 11.8 Å². The predicted octanol–water partition coefficient (Wildman–Crippen LogP) is 4.74. The summed E-state index contributed by atoms with van der Waals surface area (Å²) >= 11 is 0. The lowest BCUT2D eigenvalue weighted by Gasteiger charge is -2.37. The third-order valence-electron chi connectivity index (χ3n) is 6.52. The lowest BCUT2D eigenvalue weighted by Crippen LogP contribution is -2.38. The Morgan fingerprint density at radius 2 is 1.50 bits per heavy atom. The lowest BCUT2D eigenvalue weighted by molar-refractivity contribution is -0.115. The molecule has 4 nitrogen and oxygen atoms in total. The molecule has 1 heterocycles. The van der Waals surface area contributed by atoms with Crippen LogP contribution in [0.2, 0.25) is 0 Å². The van der Waals surface area contributed by atoms with Crippen LogP contribution in [0.5, 0.6) is 0 Å². The number of rotatable bonds is 10. The molecule has 4 heteroatoms. The molecule has 2 aromatic rings. The Bertz CT molecular complexity index is 750. The normalized spacial score (nSPS) is 29.5. The van der Waals surface area contributed by atoms with Crippen molar-refractivity contribution in [3.8, 4) is 0 Å². The van der Waals surface area contributed by atoms with Crippen LogP contribution in [-0.2, 0) is 27.4 Å². The summed E-state index contributed by atoms with van der Waals surface area (Å²) in [5, 5.41) is 9.28. The second kappa shape index (κ2) is 10.5. The predicted molar refractivity (Wildman–Crippen MR) is 117 cm³/mol. The molecular weight excluding hydrogens is 376 g/mol. The summed E-state index contributed by atoms with van der Waals surface area (Å²) in [6.45, 7) is 3.64. The van der Waals surface area contributed by atoms with Crippen molar-refractivity contribution in [3.63, 3.8) is 0 Å². The van der Waals surface area contributed by atoms with Crippen molar-refractivity contribution in [1.82, 2.24) is 0 Å². The maximum atomic E-state index is 9.28. The molecule has 1 aliphatic carbocycles. The largest absolute Gasteiger partial charge is 0.394 e. The Morgan fingerprint density at radius 3 is 2.07 bits per heavy atom. The number of aliphatic hydroxyl groups excluding tert-OH is 1. The molecule has 162 valence electrons. The molecular formula is C26H34O4. The maximum Gasteiger partial charge on any atom is 0.107 e. The van der Waals surface area contributed by atoms with Gasteiger partial charge in [-0.3, -0.25) is 0 Å². The molecule has 2 aromatic carbocycles. The summed E-state index contributed by atoms with van der Waals surface area (Å²) in [6, 6.07) is 20.7. The highest BCUT2D eigenvalue weighted by Crippen LogP contribution is 2.38. The van der Waals surface area contributed by atoms with Gasteiger partial charge in [-0.05, 0) is 48.6 Å². The van der Waals surface area contributed by atoms with Crippen molar-refractivity contribution in [2.24, 2.45) is 11.8 Å². The van der Waals surface area contributed by atoms with Crippen molar-refractivity contribution < 1.29 is 19.3 Å². The van der Waals surface area contributed by atoms with Crippen molar-refractivity contribution in [2.45, 2.75) is 70.2 Å². The van der Waals surface area contributed by atoms with Gasteiger partial charge in [0.1, 0.15) is 6.10 Å². The van der Waals surface area contributed by atoms with Gasteiger partial charge in [0, 0.05) is 0 Å². The summed E-state index contributed by atoms with van der Waals surface area (Å²) in [5.41, 5.74) is 2.41. The maximum absolute atomic E-state index is 9.28. The van der Waals surface area contributed by atoms with Crippen LogP contribution in [0.1, 0.15) is 43.7 Å². The van der Waals surface area contributed by atoms with Gasteiger partial charge >= 0.3 is 0 Å². The molecule has 0 unspecified atom stereocenters. The average Bonchev–Trinajstić information content (AvgIpc) is 3.59. The third kappa shape index (κ3) is 5.92. The van der Waals surface area contributed by atoms with Crippen LogP contribution in [0.25, 0.3) is 0 Å². The second-order valence-corrected chi connectivity index (χ2v) is 8.88. The van der Waals surface area contributed by atoms with E-state index in [0.717, 1.165) is 25.7 Å². The van der Waals surface area contributed by atoms with Crippen LogP contribution < -0.4 is 0 Å². The van der Waals surface area contributed by atoms with Gasteiger partial charge in [-0.25, -0.2) is 0 Å². The molecule has 2 fully saturated rings. The third-order valence-corrected chi connectivity index (χ3v) is 6.52. The Morgan fingerprint density at radius 1 is 0.900 bits per heavy atom. The summed E-state index contributed by atoms with van der Waals surface area (Å²) in [7, 11) is 0. The van der Waals surface area contributed by atoms with E-state index < -0.39 is 0 Å². The van der Waals surface area contributed by atoms with E-state index in [-0.39, 0.29) is 31.0 Å². The fraction of sp³-hybridized carbons (Fsp3) is 0.538. The van der Waals surface area contributed by atoms with E-state index in [2.05, 4.69) is 55.5 Å². The first kappa shape index (κ1) is 21.5. The molecule has 0 radical (unpaired) electrons. The van der Waals surface area contributed by atoms with Gasteiger partial charge in [0.2, 0.25) is 0 Å². The van der Waals surface area contributed by atoms with Crippen molar-refractivity contribution in [3.05, 3.63) is 71.8 Å². The highest BCUT2D eigenvalue weighted by molar-refractivity contribution is 5.14. The summed E-state index contributed by atoms with van der Waals surface area (Å²) in [5.74, 6) is 1.09. The topological polar surface area (TPSA) is 51.2 Å². The molecule has 0 bridgehead atoms. The van der Waals surface area contributed by atoms with Gasteiger partial charge in [-0.15, -0.1) is 0 Å². The second-order valence-electron chi connectivity index (χ2n) is 8.88. The molecule has 2 aliphatic rings. The lowest BCUT2D eigenvalue weighted by atomic mass is 9.79. The number of epoxide rings is 1. The zero-order valence-electron chi connectivity index (χ0n) is 17.9. The van der Waals surface area contributed by atoms with Crippen LogP contribution in [0.3, 0.4) is 0 Å². The smallest absolute Gasteiger partial charge is 0.107 e. The fourth-order valence-electron chi connectivity index (χ4n) is 4.78. The average molecular weight is 411 g/mol. The summed E-state index contributed by atoms with van der Waals surface area (Å²) in [6.07, 6.45) is 4.84. The zero-order chi connectivity index (χ0) is 20.8. The molecule has 1 N–H and O–H groups in total. The van der Waals surface area contributed by atoms with Gasteiger partial charge in [0.25, 0.3) is 0 Å². The SMILES string of the molecule is C[C@H](C[C@@H]1CC[C@@H](OCc2ccccc2)[C@H](OCc2ccccc2)C1)[C@H]1O[C@@H]1CO. The molecule has 0 spiro atoms. The van der Waals surface area contributed by atoms with Crippen LogP contribution in [0.15, 0.2) is 60.7 Å². The van der Waals surface area contributed by atoms with Crippen molar-refractivity contribution >= 4 is 0 Å². The Kier molecular flexibility index (Phi) is 7.56. The van der Waals surface area contributed by atoms with E-state index in [0.29, 0.717) is 25.0 Å². The molecule has 0 aromatic heterocycles. The fourth-order valence-corrected chi connectivity index (χ4v) is 4.78. The molecule has 1 aliphatic heterocycles. The van der Waals surface area contributed by atoms with E-state index in [4.69, 9.17) is 14.2 Å². The quantitative estimate of drug-likeness (QED) is 0.575. The van der Waals surface area contributed by atoms with Gasteiger partial charge in [0.05, 0.1) is 38.1 Å². The van der Waals surface area contributed by atoms with E-state index in [1.54, 1.807) is 0 Å². The highest BCUT2D eigenvalue weighted by Gasteiger charge is 2.43. The molecule has 1 saturated carbocycles. The number of benzene rings is 2. The molecule has 6 atom stereocenters. The van der Waals surface area contributed by atoms with E-state index in [9.17, 15) is 5.11 Å².